The molecule has 0 amide bonds. The van der Waals surface area contributed by atoms with Crippen LogP contribution in [0, 0.1) is 0 Å². The smallest absolute Gasteiger partial charge is 0.00863 e. The van der Waals surface area contributed by atoms with Gasteiger partial charge in [0, 0.05) is 5.37 Å². The highest BCUT2D eigenvalue weighted by Gasteiger charge is 2.23. The van der Waals surface area contributed by atoms with E-state index in [9.17, 15) is 0 Å². The Labute approximate surface area is 146 Å². The van der Waals surface area contributed by atoms with Crippen molar-refractivity contribution in [3.8, 4) is 33.4 Å². The maximum atomic E-state index is 5.11. The highest BCUT2D eigenvalue weighted by atomic mass is 32.1. The Kier molecular flexibility index (Phi) is 2.91. The minimum atomic E-state index is 1.08. The van der Waals surface area contributed by atoms with Gasteiger partial charge in [-0.3, -0.25) is 0 Å². The van der Waals surface area contributed by atoms with Crippen molar-refractivity contribution in [1.82, 2.24) is 0 Å². The molecule has 0 spiro atoms. The van der Waals surface area contributed by atoms with Crippen LogP contribution in [-0.2, 0) is 0 Å². The van der Waals surface area contributed by atoms with Crippen molar-refractivity contribution >= 4 is 28.4 Å². The van der Waals surface area contributed by atoms with Crippen molar-refractivity contribution < 1.29 is 0 Å². The van der Waals surface area contributed by atoms with E-state index >= 15 is 0 Å². The first-order valence-electron chi connectivity index (χ1n) is 8.08. The summed E-state index contributed by atoms with van der Waals surface area (Å²) in [5.41, 5.74) is 8.92. The van der Waals surface area contributed by atoms with Crippen molar-refractivity contribution in [3.05, 3.63) is 84.4 Å². The number of thiocarbonyl (C=S) groups is 1. The number of hydrogen-bond acceptors (Lipinski definition) is 1. The first kappa shape index (κ1) is 13.6. The molecular weight excluding hydrogens is 308 g/mol. The van der Waals surface area contributed by atoms with Crippen LogP contribution in [0.25, 0.3) is 44.2 Å². The van der Waals surface area contributed by atoms with Gasteiger partial charge in [-0.1, -0.05) is 85.0 Å². The Morgan fingerprint density at radius 1 is 0.625 bits per heavy atom. The topological polar surface area (TPSA) is 0 Å². The molecule has 0 radical (unpaired) electrons. The highest BCUT2D eigenvalue weighted by molar-refractivity contribution is 7.79. The van der Waals surface area contributed by atoms with Crippen LogP contribution in [0.3, 0.4) is 0 Å². The molecule has 0 aliphatic heterocycles. The predicted molar refractivity (Wildman–Crippen MR) is 107 cm³/mol. The molecule has 1 aliphatic rings. The second kappa shape index (κ2) is 5.12. The molecule has 0 saturated carbocycles. The van der Waals surface area contributed by atoms with E-state index in [4.69, 9.17) is 12.2 Å². The van der Waals surface area contributed by atoms with E-state index in [2.05, 4.69) is 78.9 Å². The Hall–Kier alpha value is -2.77. The Morgan fingerprint density at radius 3 is 2.29 bits per heavy atom. The third-order valence-corrected chi connectivity index (χ3v) is 5.14. The summed E-state index contributed by atoms with van der Waals surface area (Å²) in [5, 5.41) is 4.40. The summed E-state index contributed by atoms with van der Waals surface area (Å²) in [6.45, 7) is 0. The summed E-state index contributed by atoms with van der Waals surface area (Å²) in [4.78, 5) is 0. The maximum absolute atomic E-state index is 5.11. The molecule has 0 fully saturated rings. The maximum Gasteiger partial charge on any atom is 0.00863 e. The molecule has 0 heterocycles. The standard InChI is InChI=1S/C23H14S/c24-14-15-5-3-7-17(13-15)18-12-11-16-6-4-10-20-19-8-1-2-9-21(19)23(18)22(16)20/h1-14H. The second-order valence-corrected chi connectivity index (χ2v) is 6.42. The van der Waals surface area contributed by atoms with E-state index in [-0.39, 0.29) is 0 Å². The van der Waals surface area contributed by atoms with Crippen LogP contribution in [-0.4, -0.2) is 5.37 Å². The lowest BCUT2D eigenvalue weighted by Gasteiger charge is -2.11. The number of rotatable bonds is 2. The van der Waals surface area contributed by atoms with Gasteiger partial charge >= 0.3 is 0 Å². The van der Waals surface area contributed by atoms with Gasteiger partial charge in [-0.05, 0) is 55.8 Å². The minimum Gasteiger partial charge on any atom is -0.0881 e. The van der Waals surface area contributed by atoms with E-state index in [0.29, 0.717) is 0 Å². The van der Waals surface area contributed by atoms with Crippen molar-refractivity contribution in [1.29, 1.82) is 0 Å². The van der Waals surface area contributed by atoms with Gasteiger partial charge in [0.05, 0.1) is 0 Å². The number of benzene rings is 4. The fraction of sp³-hybridized carbons (Fsp3) is 0. The Bertz CT molecular complexity index is 1120. The first-order chi connectivity index (χ1) is 11.9. The van der Waals surface area contributed by atoms with Crippen LogP contribution in [0.5, 0.6) is 0 Å². The van der Waals surface area contributed by atoms with Crippen LogP contribution in [0.15, 0.2) is 78.9 Å². The molecule has 24 heavy (non-hydrogen) atoms. The van der Waals surface area contributed by atoms with Gasteiger partial charge in [-0.25, -0.2) is 0 Å². The van der Waals surface area contributed by atoms with Crippen LogP contribution >= 0.6 is 12.2 Å². The fourth-order valence-electron chi connectivity index (χ4n) is 3.84. The molecule has 5 rings (SSSR count). The van der Waals surface area contributed by atoms with Crippen LogP contribution in [0.1, 0.15) is 5.56 Å². The van der Waals surface area contributed by atoms with Crippen LogP contribution in [0.2, 0.25) is 0 Å². The average molecular weight is 322 g/mol. The van der Waals surface area contributed by atoms with E-state index in [1.54, 1.807) is 5.37 Å². The Balaban J connectivity index is 1.92. The van der Waals surface area contributed by atoms with Gasteiger partial charge in [-0.2, -0.15) is 0 Å². The third kappa shape index (κ3) is 1.82. The SMILES string of the molecule is S=Cc1cccc(-c2ccc3cccc4c3c2-c2ccccc2-4)c1. The lowest BCUT2D eigenvalue weighted by Crippen LogP contribution is -1.86. The molecule has 0 unspecified atom stereocenters. The van der Waals surface area contributed by atoms with E-state index < -0.39 is 0 Å². The lowest BCUT2D eigenvalue weighted by molar-refractivity contribution is 1.63. The summed E-state index contributed by atoms with van der Waals surface area (Å²) in [5.74, 6) is 0. The molecule has 0 bridgehead atoms. The first-order valence-corrected chi connectivity index (χ1v) is 8.55. The zero-order chi connectivity index (χ0) is 16.1. The molecule has 1 heteroatoms. The Morgan fingerprint density at radius 2 is 1.42 bits per heavy atom. The quantitative estimate of drug-likeness (QED) is 0.334. The van der Waals surface area contributed by atoms with Crippen molar-refractivity contribution in [2.75, 3.05) is 0 Å². The molecule has 4 aromatic carbocycles. The zero-order valence-electron chi connectivity index (χ0n) is 13.0. The second-order valence-electron chi connectivity index (χ2n) is 6.18. The van der Waals surface area contributed by atoms with Crippen molar-refractivity contribution in [3.63, 3.8) is 0 Å². The van der Waals surface area contributed by atoms with Crippen molar-refractivity contribution in [2.45, 2.75) is 0 Å². The summed E-state index contributed by atoms with van der Waals surface area (Å²) in [7, 11) is 0. The van der Waals surface area contributed by atoms with Gasteiger partial charge in [0.1, 0.15) is 0 Å². The number of fused-ring (bicyclic) bond motifs is 3. The molecule has 0 saturated heterocycles. The molecule has 0 N–H and O–H groups in total. The summed E-state index contributed by atoms with van der Waals surface area (Å²) in [6, 6.07) is 28.2. The average Bonchev–Trinajstić information content (AvgIpc) is 2.99. The van der Waals surface area contributed by atoms with E-state index in [1.165, 1.54) is 44.2 Å². The molecule has 0 nitrogen and oxygen atoms in total. The minimum absolute atomic E-state index is 1.08. The normalized spacial score (nSPS) is 11.5. The largest absolute Gasteiger partial charge is 0.0881 e. The molecule has 1 aliphatic carbocycles. The van der Waals surface area contributed by atoms with Crippen LogP contribution in [0.4, 0.5) is 0 Å². The lowest BCUT2D eigenvalue weighted by atomic mass is 9.92. The predicted octanol–water partition coefficient (Wildman–Crippen LogP) is 6.50. The van der Waals surface area contributed by atoms with Gasteiger partial charge in [0.25, 0.3) is 0 Å². The number of hydrogen-bond donors (Lipinski definition) is 0. The zero-order valence-corrected chi connectivity index (χ0v) is 13.8. The summed E-state index contributed by atoms with van der Waals surface area (Å²) < 4.78 is 0. The van der Waals surface area contributed by atoms with Gasteiger partial charge < -0.3 is 0 Å². The summed E-state index contributed by atoms with van der Waals surface area (Å²) in [6.07, 6.45) is 0. The monoisotopic (exact) mass is 322 g/mol. The van der Waals surface area contributed by atoms with E-state index in [0.717, 1.165) is 5.56 Å². The van der Waals surface area contributed by atoms with Gasteiger partial charge in [0.15, 0.2) is 0 Å². The molecule has 0 aromatic heterocycles. The van der Waals surface area contributed by atoms with Crippen LogP contribution < -0.4 is 0 Å². The highest BCUT2D eigenvalue weighted by Crippen LogP contribution is 2.50. The summed E-state index contributed by atoms with van der Waals surface area (Å²) >= 11 is 5.11. The molecule has 0 atom stereocenters. The van der Waals surface area contributed by atoms with E-state index in [1.807, 2.05) is 0 Å². The van der Waals surface area contributed by atoms with Gasteiger partial charge in [-0.15, -0.1) is 0 Å². The fourth-order valence-corrected chi connectivity index (χ4v) is 3.99. The molecule has 4 aromatic rings. The van der Waals surface area contributed by atoms with Crippen molar-refractivity contribution in [2.24, 2.45) is 0 Å². The third-order valence-electron chi connectivity index (χ3n) is 4.87. The molecular formula is C23H14S. The van der Waals surface area contributed by atoms with Gasteiger partial charge in [0.2, 0.25) is 0 Å². The molecule has 112 valence electrons.